The number of rotatable bonds is 6. The SMILES string of the molecule is CC(c1nccs1)N(C)C(=O)c1ccc(OCC(N)=O)cc1. The van der Waals surface area contributed by atoms with Gasteiger partial charge in [-0.25, -0.2) is 4.98 Å². The van der Waals surface area contributed by atoms with Gasteiger partial charge in [0, 0.05) is 24.2 Å². The molecule has 7 heteroatoms. The monoisotopic (exact) mass is 319 g/mol. The van der Waals surface area contributed by atoms with Gasteiger partial charge in [0.2, 0.25) is 0 Å². The highest BCUT2D eigenvalue weighted by Crippen LogP contribution is 2.23. The number of nitrogens with zero attached hydrogens (tertiary/aromatic N) is 2. The number of aromatic nitrogens is 1. The lowest BCUT2D eigenvalue weighted by Crippen LogP contribution is -2.29. The Kier molecular flexibility index (Phi) is 5.11. The Morgan fingerprint density at radius 2 is 2.05 bits per heavy atom. The van der Waals surface area contributed by atoms with Crippen molar-refractivity contribution in [1.29, 1.82) is 0 Å². The quantitative estimate of drug-likeness (QED) is 0.880. The van der Waals surface area contributed by atoms with Gasteiger partial charge in [-0.3, -0.25) is 9.59 Å². The second-order valence-corrected chi connectivity index (χ2v) is 5.67. The van der Waals surface area contributed by atoms with Crippen LogP contribution in [0.15, 0.2) is 35.8 Å². The van der Waals surface area contributed by atoms with Gasteiger partial charge in [0.25, 0.3) is 11.8 Å². The summed E-state index contributed by atoms with van der Waals surface area (Å²) in [5.41, 5.74) is 5.55. The Hall–Kier alpha value is -2.41. The van der Waals surface area contributed by atoms with Crippen LogP contribution in [0.5, 0.6) is 5.75 Å². The van der Waals surface area contributed by atoms with Gasteiger partial charge in [-0.1, -0.05) is 0 Å². The Balaban J connectivity index is 2.04. The second-order valence-electron chi connectivity index (χ2n) is 4.74. The van der Waals surface area contributed by atoms with Gasteiger partial charge in [-0.15, -0.1) is 11.3 Å². The lowest BCUT2D eigenvalue weighted by molar-refractivity contribution is -0.119. The highest BCUT2D eigenvalue weighted by molar-refractivity contribution is 7.09. The van der Waals surface area contributed by atoms with E-state index in [0.29, 0.717) is 11.3 Å². The number of hydrogen-bond acceptors (Lipinski definition) is 5. The molecule has 1 heterocycles. The number of primary amides is 1. The summed E-state index contributed by atoms with van der Waals surface area (Å²) in [6.45, 7) is 1.75. The third-order valence-corrected chi connectivity index (χ3v) is 4.14. The first-order valence-corrected chi connectivity index (χ1v) is 7.54. The van der Waals surface area contributed by atoms with Crippen LogP contribution >= 0.6 is 11.3 Å². The molecule has 1 unspecified atom stereocenters. The fraction of sp³-hybridized carbons (Fsp3) is 0.267. The number of ether oxygens (including phenoxy) is 1. The third kappa shape index (κ3) is 3.82. The van der Waals surface area contributed by atoms with Crippen molar-refractivity contribution in [3.8, 4) is 5.75 Å². The zero-order valence-electron chi connectivity index (χ0n) is 12.4. The van der Waals surface area contributed by atoms with Crippen molar-refractivity contribution in [1.82, 2.24) is 9.88 Å². The second kappa shape index (κ2) is 7.04. The van der Waals surface area contributed by atoms with Gasteiger partial charge < -0.3 is 15.4 Å². The van der Waals surface area contributed by atoms with Crippen LogP contribution in [0.25, 0.3) is 0 Å². The number of benzene rings is 1. The summed E-state index contributed by atoms with van der Waals surface area (Å²) in [6, 6.07) is 6.49. The number of nitrogens with two attached hydrogens (primary N) is 1. The zero-order valence-corrected chi connectivity index (χ0v) is 13.2. The fourth-order valence-corrected chi connectivity index (χ4v) is 2.57. The molecule has 2 aromatic rings. The minimum absolute atomic E-state index is 0.0988. The normalized spacial score (nSPS) is 11.7. The summed E-state index contributed by atoms with van der Waals surface area (Å²) in [5.74, 6) is -0.160. The smallest absolute Gasteiger partial charge is 0.255 e. The maximum Gasteiger partial charge on any atom is 0.255 e. The van der Waals surface area contributed by atoms with Crippen LogP contribution in [0.1, 0.15) is 28.3 Å². The van der Waals surface area contributed by atoms with Crippen LogP contribution in [0, 0.1) is 0 Å². The van der Waals surface area contributed by atoms with Crippen molar-refractivity contribution in [2.24, 2.45) is 5.73 Å². The summed E-state index contributed by atoms with van der Waals surface area (Å²) in [4.78, 5) is 29.0. The molecule has 0 saturated heterocycles. The molecule has 2 N–H and O–H groups in total. The lowest BCUT2D eigenvalue weighted by atomic mass is 10.1. The summed E-state index contributed by atoms with van der Waals surface area (Å²) in [7, 11) is 1.74. The summed E-state index contributed by atoms with van der Waals surface area (Å²) >= 11 is 1.51. The first kappa shape index (κ1) is 16.0. The van der Waals surface area contributed by atoms with E-state index >= 15 is 0 Å². The van der Waals surface area contributed by atoms with Gasteiger partial charge >= 0.3 is 0 Å². The Morgan fingerprint density at radius 1 is 1.36 bits per heavy atom. The fourth-order valence-electron chi connectivity index (χ4n) is 1.83. The highest BCUT2D eigenvalue weighted by Gasteiger charge is 2.20. The molecule has 22 heavy (non-hydrogen) atoms. The topological polar surface area (TPSA) is 85.5 Å². The van der Waals surface area contributed by atoms with E-state index in [4.69, 9.17) is 10.5 Å². The van der Waals surface area contributed by atoms with E-state index in [1.165, 1.54) is 11.3 Å². The number of thiazole rings is 1. The van der Waals surface area contributed by atoms with Crippen LogP contribution in [-0.4, -0.2) is 35.4 Å². The number of hydrogen-bond donors (Lipinski definition) is 1. The minimum Gasteiger partial charge on any atom is -0.484 e. The maximum absolute atomic E-state index is 12.4. The molecule has 1 aromatic carbocycles. The van der Waals surface area contributed by atoms with E-state index in [0.717, 1.165) is 5.01 Å². The Labute approximate surface area is 132 Å². The van der Waals surface area contributed by atoms with E-state index in [-0.39, 0.29) is 18.6 Å². The van der Waals surface area contributed by atoms with E-state index in [1.807, 2.05) is 12.3 Å². The van der Waals surface area contributed by atoms with Gasteiger partial charge in [-0.05, 0) is 31.2 Å². The van der Waals surface area contributed by atoms with Gasteiger partial charge in [0.05, 0.1) is 6.04 Å². The zero-order chi connectivity index (χ0) is 16.1. The summed E-state index contributed by atoms with van der Waals surface area (Å²) < 4.78 is 5.16. The molecule has 0 bridgehead atoms. The van der Waals surface area contributed by atoms with Crippen molar-refractivity contribution in [3.05, 3.63) is 46.4 Å². The molecule has 0 aliphatic carbocycles. The third-order valence-electron chi connectivity index (χ3n) is 3.19. The molecule has 0 saturated carbocycles. The molecule has 2 amide bonds. The van der Waals surface area contributed by atoms with Gasteiger partial charge in [0.15, 0.2) is 6.61 Å². The predicted octanol–water partition coefficient (Wildman–Crippen LogP) is 1.84. The molecule has 0 spiro atoms. The predicted molar refractivity (Wildman–Crippen MR) is 83.8 cm³/mol. The molecule has 0 aliphatic rings. The summed E-state index contributed by atoms with van der Waals surface area (Å²) in [6.07, 6.45) is 1.72. The molecule has 0 fully saturated rings. The number of carbonyl (C=O) groups excluding carboxylic acids is 2. The van der Waals surface area contributed by atoms with Crippen LogP contribution in [0.2, 0.25) is 0 Å². The molecule has 0 aliphatic heterocycles. The van der Waals surface area contributed by atoms with Crippen molar-refractivity contribution in [3.63, 3.8) is 0 Å². The van der Waals surface area contributed by atoms with Crippen LogP contribution in [-0.2, 0) is 4.79 Å². The van der Waals surface area contributed by atoms with E-state index < -0.39 is 5.91 Å². The molecular weight excluding hydrogens is 302 g/mol. The van der Waals surface area contributed by atoms with Gasteiger partial charge in [-0.2, -0.15) is 0 Å². The Bertz CT molecular complexity index is 641. The standard InChI is InChI=1S/C15H17N3O3S/c1-10(14-17-7-8-22-14)18(2)15(20)11-3-5-12(6-4-11)21-9-13(16)19/h3-8,10H,9H2,1-2H3,(H2,16,19). The lowest BCUT2D eigenvalue weighted by Gasteiger charge is -2.23. The van der Waals surface area contributed by atoms with Crippen molar-refractivity contribution in [2.45, 2.75) is 13.0 Å². The minimum atomic E-state index is -0.544. The van der Waals surface area contributed by atoms with Crippen molar-refractivity contribution in [2.75, 3.05) is 13.7 Å². The number of carbonyl (C=O) groups is 2. The van der Waals surface area contributed by atoms with E-state index in [2.05, 4.69) is 4.98 Å². The average Bonchev–Trinajstić information content (AvgIpc) is 3.05. The molecular formula is C15H17N3O3S. The molecule has 2 rings (SSSR count). The van der Waals surface area contributed by atoms with Crippen molar-refractivity contribution < 1.29 is 14.3 Å². The first-order chi connectivity index (χ1) is 10.5. The maximum atomic E-state index is 12.4. The molecule has 1 atom stereocenters. The molecule has 0 radical (unpaired) electrons. The van der Waals surface area contributed by atoms with Crippen LogP contribution < -0.4 is 10.5 Å². The largest absolute Gasteiger partial charge is 0.484 e. The number of amides is 2. The average molecular weight is 319 g/mol. The summed E-state index contributed by atoms with van der Waals surface area (Å²) in [5, 5.41) is 2.77. The highest BCUT2D eigenvalue weighted by atomic mass is 32.1. The van der Waals surface area contributed by atoms with E-state index in [9.17, 15) is 9.59 Å². The van der Waals surface area contributed by atoms with E-state index in [1.54, 1.807) is 42.4 Å². The Morgan fingerprint density at radius 3 is 2.59 bits per heavy atom. The first-order valence-electron chi connectivity index (χ1n) is 6.66. The molecule has 116 valence electrons. The van der Waals surface area contributed by atoms with Crippen molar-refractivity contribution >= 4 is 23.2 Å². The van der Waals surface area contributed by atoms with Crippen LogP contribution in [0.4, 0.5) is 0 Å². The van der Waals surface area contributed by atoms with Gasteiger partial charge in [0.1, 0.15) is 10.8 Å². The molecule has 6 nitrogen and oxygen atoms in total. The molecule has 1 aromatic heterocycles. The van der Waals surface area contributed by atoms with Crippen LogP contribution in [0.3, 0.4) is 0 Å².